The summed E-state index contributed by atoms with van der Waals surface area (Å²) in [6.07, 6.45) is 6.06. The molecule has 1 amide bonds. The number of allylic oxidation sites excluding steroid dienone is 1. The van der Waals surface area contributed by atoms with Crippen LogP contribution in [0.1, 0.15) is 35.7 Å². The third-order valence-electron chi connectivity index (χ3n) is 3.44. The molecule has 132 valence electrons. The van der Waals surface area contributed by atoms with E-state index in [0.717, 1.165) is 30.2 Å². The van der Waals surface area contributed by atoms with Gasteiger partial charge in [-0.05, 0) is 42.7 Å². The molecule has 0 atom stereocenters. The van der Waals surface area contributed by atoms with E-state index in [2.05, 4.69) is 29.4 Å². The Kier molecular flexibility index (Phi) is 6.95. The molecule has 2 aromatic rings. The lowest BCUT2D eigenvalue weighted by Gasteiger charge is -2.09. The molecule has 6 heteroatoms. The minimum Gasteiger partial charge on any atom is -0.493 e. The van der Waals surface area contributed by atoms with E-state index in [1.165, 1.54) is 6.07 Å². The Morgan fingerprint density at radius 3 is 2.92 bits per heavy atom. The number of carbonyl (C=O) groups excluding carboxylic acids is 1. The van der Waals surface area contributed by atoms with Gasteiger partial charge < -0.3 is 15.8 Å². The second kappa shape index (κ2) is 9.42. The summed E-state index contributed by atoms with van der Waals surface area (Å²) in [4.78, 5) is 15.6. The lowest BCUT2D eigenvalue weighted by atomic mass is 10.2. The van der Waals surface area contributed by atoms with Gasteiger partial charge in [0.2, 0.25) is 5.95 Å². The molecule has 25 heavy (non-hydrogen) atoms. The van der Waals surface area contributed by atoms with Crippen LogP contribution in [0.3, 0.4) is 0 Å². The molecule has 0 fully saturated rings. The fourth-order valence-electron chi connectivity index (χ4n) is 2.19. The fourth-order valence-corrected chi connectivity index (χ4v) is 2.19. The molecular formula is C19H22FN3O2. The Morgan fingerprint density at radius 1 is 1.32 bits per heavy atom. The SMILES string of the molecule is CC/C=C/CCOc1cccc(CNC(=O)c2ccc(F)nc2N)c1. The van der Waals surface area contributed by atoms with Crippen molar-refractivity contribution < 1.29 is 13.9 Å². The zero-order chi connectivity index (χ0) is 18.1. The van der Waals surface area contributed by atoms with Crippen molar-refractivity contribution in [1.29, 1.82) is 0 Å². The van der Waals surface area contributed by atoms with Crippen molar-refractivity contribution in [2.75, 3.05) is 12.3 Å². The Labute approximate surface area is 146 Å². The first kappa shape index (κ1) is 18.4. The molecule has 0 spiro atoms. The lowest BCUT2D eigenvalue weighted by Crippen LogP contribution is -2.24. The average Bonchev–Trinajstić information content (AvgIpc) is 2.60. The highest BCUT2D eigenvalue weighted by molar-refractivity contribution is 5.98. The number of rotatable bonds is 8. The summed E-state index contributed by atoms with van der Waals surface area (Å²) >= 11 is 0. The molecule has 0 saturated carbocycles. The van der Waals surface area contributed by atoms with Gasteiger partial charge in [0, 0.05) is 6.54 Å². The Bertz CT molecular complexity index is 747. The number of hydrogen-bond donors (Lipinski definition) is 2. The van der Waals surface area contributed by atoms with Crippen LogP contribution >= 0.6 is 0 Å². The van der Waals surface area contributed by atoms with Crippen LogP contribution < -0.4 is 15.8 Å². The number of nitrogen functional groups attached to an aromatic ring is 1. The van der Waals surface area contributed by atoms with Gasteiger partial charge in [-0.3, -0.25) is 4.79 Å². The molecule has 0 unspecified atom stereocenters. The normalized spacial score (nSPS) is 10.8. The minimum atomic E-state index is -0.715. The summed E-state index contributed by atoms with van der Waals surface area (Å²) < 4.78 is 18.6. The molecular weight excluding hydrogens is 321 g/mol. The van der Waals surface area contributed by atoms with Crippen molar-refractivity contribution in [3.8, 4) is 5.75 Å². The van der Waals surface area contributed by atoms with Gasteiger partial charge in [0.25, 0.3) is 5.91 Å². The Balaban J connectivity index is 1.89. The molecule has 1 heterocycles. The zero-order valence-corrected chi connectivity index (χ0v) is 14.2. The quantitative estimate of drug-likeness (QED) is 0.437. The smallest absolute Gasteiger partial charge is 0.255 e. The highest BCUT2D eigenvalue weighted by Crippen LogP contribution is 2.14. The van der Waals surface area contributed by atoms with Gasteiger partial charge in [0.15, 0.2) is 0 Å². The van der Waals surface area contributed by atoms with Gasteiger partial charge >= 0.3 is 0 Å². The number of ether oxygens (including phenoxy) is 1. The maximum Gasteiger partial charge on any atom is 0.255 e. The Hall–Kier alpha value is -2.89. The molecule has 0 aliphatic heterocycles. The first-order valence-electron chi connectivity index (χ1n) is 8.17. The van der Waals surface area contributed by atoms with E-state index in [9.17, 15) is 9.18 Å². The van der Waals surface area contributed by atoms with Crippen LogP contribution in [0.5, 0.6) is 5.75 Å². The molecule has 0 radical (unpaired) electrons. The van der Waals surface area contributed by atoms with Crippen LogP contribution in [0.15, 0.2) is 48.6 Å². The van der Waals surface area contributed by atoms with E-state index in [1.54, 1.807) is 0 Å². The predicted molar refractivity (Wildman–Crippen MR) is 95.8 cm³/mol. The first-order chi connectivity index (χ1) is 12.1. The number of anilines is 1. The minimum absolute atomic E-state index is 0.130. The van der Waals surface area contributed by atoms with Gasteiger partial charge in [-0.15, -0.1) is 0 Å². The molecule has 0 bridgehead atoms. The van der Waals surface area contributed by atoms with Gasteiger partial charge in [-0.1, -0.05) is 31.2 Å². The van der Waals surface area contributed by atoms with Gasteiger partial charge in [0.1, 0.15) is 11.6 Å². The van der Waals surface area contributed by atoms with Gasteiger partial charge in [0.05, 0.1) is 12.2 Å². The highest BCUT2D eigenvalue weighted by atomic mass is 19.1. The second-order valence-corrected chi connectivity index (χ2v) is 5.41. The van der Waals surface area contributed by atoms with Crippen LogP contribution in [0.2, 0.25) is 0 Å². The average molecular weight is 343 g/mol. The number of carbonyl (C=O) groups is 1. The maximum absolute atomic E-state index is 12.9. The summed E-state index contributed by atoms with van der Waals surface area (Å²) in [6.45, 7) is 3.00. The van der Waals surface area contributed by atoms with E-state index in [0.29, 0.717) is 13.2 Å². The van der Waals surface area contributed by atoms with E-state index in [-0.39, 0.29) is 11.4 Å². The van der Waals surface area contributed by atoms with Crippen LogP contribution in [0, 0.1) is 5.95 Å². The van der Waals surface area contributed by atoms with Crippen molar-refractivity contribution in [3.63, 3.8) is 0 Å². The largest absolute Gasteiger partial charge is 0.493 e. The number of pyridine rings is 1. The maximum atomic E-state index is 12.9. The number of aromatic nitrogens is 1. The fraction of sp³-hybridized carbons (Fsp3) is 0.263. The van der Waals surface area contributed by atoms with Crippen LogP contribution in [0.25, 0.3) is 0 Å². The lowest BCUT2D eigenvalue weighted by molar-refractivity contribution is 0.0951. The summed E-state index contributed by atoms with van der Waals surface area (Å²) in [5.74, 6) is -0.497. The van der Waals surface area contributed by atoms with E-state index in [4.69, 9.17) is 10.5 Å². The van der Waals surface area contributed by atoms with Gasteiger partial charge in [-0.25, -0.2) is 4.98 Å². The van der Waals surface area contributed by atoms with Crippen molar-refractivity contribution in [1.82, 2.24) is 10.3 Å². The van der Waals surface area contributed by atoms with Crippen LogP contribution in [-0.4, -0.2) is 17.5 Å². The number of benzene rings is 1. The van der Waals surface area contributed by atoms with Gasteiger partial charge in [-0.2, -0.15) is 4.39 Å². The third-order valence-corrected chi connectivity index (χ3v) is 3.44. The topological polar surface area (TPSA) is 77.2 Å². The predicted octanol–water partition coefficient (Wildman–Crippen LogP) is 3.47. The van der Waals surface area contributed by atoms with Crippen molar-refractivity contribution in [2.45, 2.75) is 26.3 Å². The van der Waals surface area contributed by atoms with E-state index in [1.807, 2.05) is 24.3 Å². The summed E-state index contributed by atoms with van der Waals surface area (Å²) in [6, 6.07) is 9.92. The second-order valence-electron chi connectivity index (χ2n) is 5.41. The third kappa shape index (κ3) is 5.91. The number of halogens is 1. The van der Waals surface area contributed by atoms with Crippen molar-refractivity contribution in [3.05, 3.63) is 65.6 Å². The monoisotopic (exact) mass is 343 g/mol. The molecule has 0 aliphatic rings. The summed E-state index contributed by atoms with van der Waals surface area (Å²) in [5.41, 5.74) is 6.61. The number of amides is 1. The number of nitrogens with zero attached hydrogens (tertiary/aromatic N) is 1. The Morgan fingerprint density at radius 2 is 2.16 bits per heavy atom. The molecule has 5 nitrogen and oxygen atoms in total. The number of hydrogen-bond acceptors (Lipinski definition) is 4. The van der Waals surface area contributed by atoms with Crippen LogP contribution in [0.4, 0.5) is 10.2 Å². The molecule has 0 aliphatic carbocycles. The molecule has 2 rings (SSSR count). The first-order valence-corrected chi connectivity index (χ1v) is 8.17. The van der Waals surface area contributed by atoms with Crippen molar-refractivity contribution >= 4 is 11.7 Å². The van der Waals surface area contributed by atoms with E-state index < -0.39 is 11.9 Å². The zero-order valence-electron chi connectivity index (χ0n) is 14.2. The molecule has 3 N–H and O–H groups in total. The highest BCUT2D eigenvalue weighted by Gasteiger charge is 2.11. The number of nitrogens with two attached hydrogens (primary N) is 1. The summed E-state index contributed by atoms with van der Waals surface area (Å²) in [5, 5.41) is 2.74. The number of nitrogens with one attached hydrogen (secondary N) is 1. The van der Waals surface area contributed by atoms with E-state index >= 15 is 0 Å². The standard InChI is InChI=1S/C19H22FN3O2/c1-2-3-4-5-11-25-15-8-6-7-14(12-15)13-22-19(24)16-9-10-17(20)23-18(16)21/h3-4,6-10,12H,2,5,11,13H2,1H3,(H2,21,23)(H,22,24)/b4-3+. The summed E-state index contributed by atoms with van der Waals surface area (Å²) in [7, 11) is 0. The van der Waals surface area contributed by atoms with Crippen LogP contribution in [-0.2, 0) is 6.54 Å². The molecule has 0 saturated heterocycles. The molecule has 1 aromatic heterocycles. The molecule has 1 aromatic carbocycles. The van der Waals surface area contributed by atoms with Crippen molar-refractivity contribution in [2.24, 2.45) is 0 Å².